The van der Waals surface area contributed by atoms with Gasteiger partial charge in [0, 0.05) is 38.6 Å². The van der Waals surface area contributed by atoms with Crippen LogP contribution in [-0.2, 0) is 4.74 Å². The third kappa shape index (κ3) is 2.79. The number of H-pyrrole nitrogens is 1. The molecule has 0 unspecified atom stereocenters. The van der Waals surface area contributed by atoms with Gasteiger partial charge in [0.15, 0.2) is 5.60 Å². The van der Waals surface area contributed by atoms with Crippen LogP contribution >= 0.6 is 0 Å². The molecule has 3 rings (SSSR count). The normalized spacial score (nSPS) is 17.9. The number of hydrogen-bond donors (Lipinski definition) is 1. The van der Waals surface area contributed by atoms with Gasteiger partial charge in [-0.2, -0.15) is 18.3 Å². The van der Waals surface area contributed by atoms with E-state index in [9.17, 15) is 18.0 Å². The molecule has 0 radical (unpaired) electrons. The first-order valence-electron chi connectivity index (χ1n) is 7.35. The molecule has 1 N–H and O–H groups in total. The maximum atomic E-state index is 13.2. The van der Waals surface area contributed by atoms with E-state index in [1.807, 2.05) is 0 Å². The first kappa shape index (κ1) is 16.6. The zero-order chi connectivity index (χ0) is 17.4. The summed E-state index contributed by atoms with van der Waals surface area (Å²) >= 11 is 0. The molecule has 130 valence electrons. The molecule has 24 heavy (non-hydrogen) atoms. The van der Waals surface area contributed by atoms with Crippen LogP contribution in [0.3, 0.4) is 0 Å². The Morgan fingerprint density at radius 3 is 2.67 bits per heavy atom. The number of ether oxygens (including phenoxy) is 1. The molecule has 1 fully saturated rings. The molecule has 1 aliphatic heterocycles. The van der Waals surface area contributed by atoms with Crippen molar-refractivity contribution in [3.05, 3.63) is 30.4 Å². The van der Waals surface area contributed by atoms with E-state index in [0.29, 0.717) is 11.3 Å². The van der Waals surface area contributed by atoms with Crippen molar-refractivity contribution in [1.29, 1.82) is 0 Å². The van der Waals surface area contributed by atoms with Gasteiger partial charge >= 0.3 is 6.18 Å². The van der Waals surface area contributed by atoms with Crippen LogP contribution in [0.25, 0.3) is 11.3 Å². The van der Waals surface area contributed by atoms with Crippen LogP contribution in [0, 0.1) is 0 Å². The van der Waals surface area contributed by atoms with Crippen molar-refractivity contribution in [2.45, 2.75) is 24.6 Å². The molecular formula is C15H16F3N3O3. The monoisotopic (exact) mass is 343 g/mol. The van der Waals surface area contributed by atoms with Crippen LogP contribution in [0.4, 0.5) is 13.2 Å². The Bertz CT molecular complexity index is 701. The molecule has 6 nitrogen and oxygen atoms in total. The number of rotatable bonds is 3. The Labute approximate surface area is 135 Å². The Morgan fingerprint density at radius 1 is 1.42 bits per heavy atom. The number of carbonyl (C=O) groups is 1. The number of aromatic amines is 1. The third-order valence-corrected chi connectivity index (χ3v) is 4.39. The van der Waals surface area contributed by atoms with Crippen LogP contribution in [0.15, 0.2) is 29.1 Å². The Kier molecular flexibility index (Phi) is 4.12. The van der Waals surface area contributed by atoms with Crippen molar-refractivity contribution in [2.24, 2.45) is 0 Å². The van der Waals surface area contributed by atoms with Gasteiger partial charge in [-0.25, -0.2) is 0 Å². The number of hydrogen-bond acceptors (Lipinski definition) is 4. The van der Waals surface area contributed by atoms with Crippen LogP contribution < -0.4 is 0 Å². The van der Waals surface area contributed by atoms with Gasteiger partial charge in [-0.05, 0) is 12.1 Å². The fourth-order valence-electron chi connectivity index (χ4n) is 2.83. The molecule has 1 amide bonds. The maximum Gasteiger partial charge on any atom is 0.417 e. The van der Waals surface area contributed by atoms with Crippen LogP contribution in [0.2, 0.25) is 0 Å². The number of methoxy groups -OCH3 is 1. The third-order valence-electron chi connectivity index (χ3n) is 4.39. The molecular weight excluding hydrogens is 327 g/mol. The molecule has 9 heteroatoms. The topological polar surface area (TPSA) is 71.4 Å². The summed E-state index contributed by atoms with van der Waals surface area (Å²) in [5.41, 5.74) is -0.715. The predicted octanol–water partition coefficient (Wildman–Crippen LogP) is 2.85. The summed E-state index contributed by atoms with van der Waals surface area (Å²) in [5.74, 6) is -0.385. The Morgan fingerprint density at radius 2 is 2.12 bits per heavy atom. The number of halogens is 3. The van der Waals surface area contributed by atoms with Gasteiger partial charge in [-0.1, -0.05) is 0 Å². The van der Waals surface area contributed by atoms with Crippen molar-refractivity contribution >= 4 is 5.91 Å². The lowest BCUT2D eigenvalue weighted by molar-refractivity contribution is -0.281. The molecule has 0 spiro atoms. The fraction of sp³-hybridized carbons (Fsp3) is 0.467. The first-order valence-corrected chi connectivity index (χ1v) is 7.35. The number of likely N-dealkylation sites (tertiary alicyclic amines) is 1. The van der Waals surface area contributed by atoms with E-state index >= 15 is 0 Å². The minimum atomic E-state index is -4.46. The molecule has 1 aliphatic rings. The van der Waals surface area contributed by atoms with Gasteiger partial charge in [-0.3, -0.25) is 9.89 Å². The highest BCUT2D eigenvalue weighted by Gasteiger charge is 2.56. The number of carbonyl (C=O) groups excluding carboxylic acids is 1. The molecule has 0 saturated carbocycles. The summed E-state index contributed by atoms with van der Waals surface area (Å²) in [7, 11) is 1.05. The predicted molar refractivity (Wildman–Crippen MR) is 77.2 cm³/mol. The van der Waals surface area contributed by atoms with Gasteiger partial charge in [0.05, 0.1) is 18.2 Å². The lowest BCUT2D eigenvalue weighted by Gasteiger charge is -2.41. The number of furan rings is 1. The van der Waals surface area contributed by atoms with Crippen LogP contribution in [0.5, 0.6) is 0 Å². The largest absolute Gasteiger partial charge is 0.472 e. The van der Waals surface area contributed by atoms with Crippen molar-refractivity contribution in [3.63, 3.8) is 0 Å². The number of amides is 1. The fourth-order valence-corrected chi connectivity index (χ4v) is 2.83. The van der Waals surface area contributed by atoms with E-state index in [4.69, 9.17) is 9.15 Å². The van der Waals surface area contributed by atoms with Crippen molar-refractivity contribution in [1.82, 2.24) is 15.1 Å². The average Bonchev–Trinajstić information content (AvgIpc) is 3.24. The number of nitrogens with zero attached hydrogens (tertiary/aromatic N) is 2. The SMILES string of the molecule is COC1(C(F)(F)F)CCN(C(=O)c2cc(-c3ccoc3)n[nH]2)CC1. The Balaban J connectivity index is 1.70. The highest BCUT2D eigenvalue weighted by atomic mass is 19.4. The first-order chi connectivity index (χ1) is 11.4. The summed E-state index contributed by atoms with van der Waals surface area (Å²) < 4.78 is 49.2. The van der Waals surface area contributed by atoms with Crippen molar-refractivity contribution < 1.29 is 27.1 Å². The highest BCUT2D eigenvalue weighted by Crippen LogP contribution is 2.41. The summed E-state index contributed by atoms with van der Waals surface area (Å²) in [4.78, 5) is 13.8. The molecule has 2 aromatic heterocycles. The van der Waals surface area contributed by atoms with Gasteiger partial charge in [0.1, 0.15) is 5.69 Å². The second-order valence-electron chi connectivity index (χ2n) is 5.67. The zero-order valence-corrected chi connectivity index (χ0v) is 12.9. The summed E-state index contributed by atoms with van der Waals surface area (Å²) in [5, 5.41) is 6.64. The second kappa shape index (κ2) is 5.97. The van der Waals surface area contributed by atoms with Gasteiger partial charge < -0.3 is 14.1 Å². The number of aromatic nitrogens is 2. The van der Waals surface area contributed by atoms with Crippen LogP contribution in [0.1, 0.15) is 23.3 Å². The van der Waals surface area contributed by atoms with Crippen LogP contribution in [-0.4, -0.2) is 53.0 Å². The molecule has 2 aromatic rings. The summed E-state index contributed by atoms with van der Waals surface area (Å²) in [6.07, 6.45) is -2.07. The second-order valence-corrected chi connectivity index (χ2v) is 5.67. The summed E-state index contributed by atoms with van der Waals surface area (Å²) in [6, 6.07) is 3.25. The maximum absolute atomic E-state index is 13.2. The van der Waals surface area contributed by atoms with Gasteiger partial charge in [-0.15, -0.1) is 0 Å². The quantitative estimate of drug-likeness (QED) is 0.930. The van der Waals surface area contributed by atoms with E-state index in [1.54, 1.807) is 12.1 Å². The average molecular weight is 343 g/mol. The molecule has 0 atom stereocenters. The van der Waals surface area contributed by atoms with Crippen molar-refractivity contribution in [3.8, 4) is 11.3 Å². The minimum Gasteiger partial charge on any atom is -0.472 e. The van der Waals surface area contributed by atoms with E-state index in [2.05, 4.69) is 10.2 Å². The minimum absolute atomic E-state index is 0.0355. The van der Waals surface area contributed by atoms with Gasteiger partial charge in [0.2, 0.25) is 0 Å². The van der Waals surface area contributed by atoms with Crippen molar-refractivity contribution in [2.75, 3.05) is 20.2 Å². The van der Waals surface area contributed by atoms with Gasteiger partial charge in [0.25, 0.3) is 5.91 Å². The van der Waals surface area contributed by atoms with E-state index in [0.717, 1.165) is 7.11 Å². The zero-order valence-electron chi connectivity index (χ0n) is 12.9. The van der Waals surface area contributed by atoms with E-state index in [-0.39, 0.29) is 37.5 Å². The lowest BCUT2D eigenvalue weighted by atomic mass is 9.90. The number of alkyl halides is 3. The molecule has 0 aliphatic carbocycles. The molecule has 0 bridgehead atoms. The summed E-state index contributed by atoms with van der Waals surface area (Å²) in [6.45, 7) is -0.0709. The standard InChI is InChI=1S/C15H16F3N3O3/c1-23-14(15(16,17)18)3-5-21(6-4-14)13(22)12-8-11(19-20-12)10-2-7-24-9-10/h2,7-9H,3-6H2,1H3,(H,19,20). The Hall–Kier alpha value is -2.29. The van der Waals surface area contributed by atoms with E-state index in [1.165, 1.54) is 17.4 Å². The number of nitrogens with one attached hydrogen (secondary N) is 1. The molecule has 0 aromatic carbocycles. The smallest absolute Gasteiger partial charge is 0.417 e. The number of piperidine rings is 1. The molecule has 3 heterocycles. The lowest BCUT2D eigenvalue weighted by Crippen LogP contribution is -2.55. The highest BCUT2D eigenvalue weighted by molar-refractivity contribution is 5.93. The van der Waals surface area contributed by atoms with E-state index < -0.39 is 11.8 Å². The molecule has 1 saturated heterocycles.